The molecular weight excluding hydrogens is 473 g/mol. The number of rotatable bonds is 10. The van der Waals surface area contributed by atoms with Crippen LogP contribution in [0.5, 0.6) is 0 Å². The Morgan fingerprint density at radius 3 is 2.69 bits per heavy atom. The quantitative estimate of drug-likeness (QED) is 0.379. The van der Waals surface area contributed by atoms with Crippen molar-refractivity contribution in [1.29, 1.82) is 0 Å². The summed E-state index contributed by atoms with van der Waals surface area (Å²) in [5, 5.41) is 9.25. The van der Waals surface area contributed by atoms with Gasteiger partial charge in [-0.1, -0.05) is 29.8 Å². The molecule has 1 aromatic carbocycles. The van der Waals surface area contributed by atoms with Crippen LogP contribution in [0.2, 0.25) is 5.02 Å². The highest BCUT2D eigenvalue weighted by molar-refractivity contribution is 7.89. The average molecular weight is 500 g/mol. The zero-order valence-electron chi connectivity index (χ0n) is 17.4. The SMILES string of the molecule is Cl.O=C(O)CCC/C=C\C1C[C@@H](NS(=O)(=O)c2ccc(Cl)cc2)CN1Cc1cccnc1. The van der Waals surface area contributed by atoms with E-state index in [2.05, 4.69) is 20.7 Å². The van der Waals surface area contributed by atoms with Crippen molar-refractivity contribution >= 4 is 40.0 Å². The fourth-order valence-corrected chi connectivity index (χ4v) is 5.02. The smallest absolute Gasteiger partial charge is 0.303 e. The van der Waals surface area contributed by atoms with Crippen molar-refractivity contribution in [2.24, 2.45) is 0 Å². The van der Waals surface area contributed by atoms with Crippen molar-refractivity contribution in [1.82, 2.24) is 14.6 Å². The van der Waals surface area contributed by atoms with Crippen LogP contribution in [0.15, 0.2) is 65.8 Å². The van der Waals surface area contributed by atoms with Crippen LogP contribution in [-0.2, 0) is 21.4 Å². The van der Waals surface area contributed by atoms with Crippen LogP contribution in [0.25, 0.3) is 0 Å². The summed E-state index contributed by atoms with van der Waals surface area (Å²) in [6.07, 6.45) is 9.57. The fraction of sp³-hybridized carbons (Fsp3) is 0.364. The number of pyridine rings is 1. The van der Waals surface area contributed by atoms with E-state index in [0.717, 1.165) is 5.56 Å². The second-order valence-corrected chi connectivity index (χ2v) is 9.73. The summed E-state index contributed by atoms with van der Waals surface area (Å²) in [4.78, 5) is 17.2. The van der Waals surface area contributed by atoms with Crippen LogP contribution in [-0.4, -0.2) is 48.0 Å². The number of likely N-dealkylation sites (tertiary alicyclic amines) is 1. The van der Waals surface area contributed by atoms with Gasteiger partial charge in [0.25, 0.3) is 0 Å². The number of unbranched alkanes of at least 4 members (excludes halogenated alkanes) is 1. The second kappa shape index (κ2) is 12.3. The zero-order chi connectivity index (χ0) is 22.3. The zero-order valence-corrected chi connectivity index (χ0v) is 19.8. The Kier molecular flexibility index (Phi) is 10.1. The summed E-state index contributed by atoms with van der Waals surface area (Å²) < 4.78 is 28.4. The molecule has 0 saturated carbocycles. The van der Waals surface area contributed by atoms with Crippen molar-refractivity contribution < 1.29 is 18.3 Å². The van der Waals surface area contributed by atoms with Gasteiger partial charge in [-0.3, -0.25) is 14.7 Å². The van der Waals surface area contributed by atoms with E-state index in [-0.39, 0.29) is 35.8 Å². The van der Waals surface area contributed by atoms with E-state index >= 15 is 0 Å². The van der Waals surface area contributed by atoms with E-state index in [9.17, 15) is 13.2 Å². The highest BCUT2D eigenvalue weighted by Crippen LogP contribution is 2.24. The molecule has 1 fully saturated rings. The maximum Gasteiger partial charge on any atom is 0.303 e. The minimum absolute atomic E-state index is 0. The summed E-state index contributed by atoms with van der Waals surface area (Å²) in [5.74, 6) is -0.802. The number of aromatic nitrogens is 1. The molecule has 0 aliphatic carbocycles. The highest BCUT2D eigenvalue weighted by atomic mass is 35.5. The molecule has 1 aliphatic rings. The van der Waals surface area contributed by atoms with E-state index in [0.29, 0.717) is 37.4 Å². The van der Waals surface area contributed by atoms with Crippen LogP contribution < -0.4 is 4.72 Å². The lowest BCUT2D eigenvalue weighted by molar-refractivity contribution is -0.137. The number of aliphatic carboxylic acids is 1. The summed E-state index contributed by atoms with van der Waals surface area (Å²) in [6, 6.07) is 9.77. The largest absolute Gasteiger partial charge is 0.481 e. The third-order valence-electron chi connectivity index (χ3n) is 5.12. The minimum atomic E-state index is -3.66. The Labute approximate surface area is 200 Å². The first-order chi connectivity index (χ1) is 14.8. The number of nitrogens with one attached hydrogen (secondary N) is 1. The molecule has 2 atom stereocenters. The van der Waals surface area contributed by atoms with Crippen LogP contribution in [0.3, 0.4) is 0 Å². The summed E-state index contributed by atoms with van der Waals surface area (Å²) in [7, 11) is -3.66. The van der Waals surface area contributed by atoms with Gasteiger partial charge in [-0.25, -0.2) is 13.1 Å². The molecule has 32 heavy (non-hydrogen) atoms. The number of sulfonamides is 1. The first-order valence-electron chi connectivity index (χ1n) is 10.1. The number of hydrogen-bond acceptors (Lipinski definition) is 5. The number of halogens is 2. The predicted molar refractivity (Wildman–Crippen MR) is 126 cm³/mol. The normalized spacial score (nSPS) is 19.2. The molecule has 174 valence electrons. The van der Waals surface area contributed by atoms with E-state index in [1.807, 2.05) is 18.2 Å². The molecule has 3 rings (SSSR count). The van der Waals surface area contributed by atoms with Gasteiger partial charge in [-0.05, 0) is 55.2 Å². The van der Waals surface area contributed by atoms with Gasteiger partial charge in [0.1, 0.15) is 0 Å². The Bertz CT molecular complexity index is 1000. The fourth-order valence-electron chi connectivity index (χ4n) is 3.65. The van der Waals surface area contributed by atoms with Gasteiger partial charge in [-0.15, -0.1) is 12.4 Å². The van der Waals surface area contributed by atoms with Crippen molar-refractivity contribution in [3.8, 4) is 0 Å². The average Bonchev–Trinajstić information content (AvgIpc) is 3.08. The van der Waals surface area contributed by atoms with E-state index in [4.69, 9.17) is 16.7 Å². The molecule has 0 amide bonds. The standard InChI is InChI=1S/C22H26ClN3O4S.ClH/c23-18-8-10-21(11-9-18)31(29,30)25-19-13-20(6-2-1-3-7-22(27)28)26(16-19)15-17-5-4-12-24-14-17;/h2,4-6,8-12,14,19-20,25H,1,3,7,13,15-16H2,(H,27,28);1H/b6-2-;/t19-,20?;/m1./s1. The number of hydrogen-bond donors (Lipinski definition) is 2. The van der Waals surface area contributed by atoms with Gasteiger partial charge < -0.3 is 5.11 Å². The highest BCUT2D eigenvalue weighted by Gasteiger charge is 2.33. The van der Waals surface area contributed by atoms with Crippen molar-refractivity contribution in [2.75, 3.05) is 6.54 Å². The molecule has 1 unspecified atom stereocenters. The molecule has 2 aromatic rings. The van der Waals surface area contributed by atoms with Gasteiger partial charge in [0, 0.05) is 49.0 Å². The van der Waals surface area contributed by atoms with Crippen LogP contribution in [0, 0.1) is 0 Å². The lowest BCUT2D eigenvalue weighted by atomic mass is 10.1. The van der Waals surface area contributed by atoms with Crippen molar-refractivity contribution in [2.45, 2.75) is 49.2 Å². The molecule has 0 bridgehead atoms. The van der Waals surface area contributed by atoms with Gasteiger partial charge in [-0.2, -0.15) is 0 Å². The summed E-state index contributed by atoms with van der Waals surface area (Å²) in [5.41, 5.74) is 1.05. The summed E-state index contributed by atoms with van der Waals surface area (Å²) >= 11 is 5.87. The molecule has 7 nitrogen and oxygen atoms in total. The minimum Gasteiger partial charge on any atom is -0.481 e. The number of allylic oxidation sites excluding steroid dienone is 1. The lowest BCUT2D eigenvalue weighted by Gasteiger charge is -2.21. The molecule has 2 N–H and O–H groups in total. The Morgan fingerprint density at radius 1 is 1.28 bits per heavy atom. The molecule has 0 radical (unpaired) electrons. The van der Waals surface area contributed by atoms with Crippen LogP contribution >= 0.6 is 24.0 Å². The van der Waals surface area contributed by atoms with Gasteiger partial charge in [0.05, 0.1) is 4.90 Å². The third-order valence-corrected chi connectivity index (χ3v) is 6.91. The Morgan fingerprint density at radius 2 is 2.03 bits per heavy atom. The van der Waals surface area contributed by atoms with Gasteiger partial charge in [0.15, 0.2) is 0 Å². The molecule has 0 spiro atoms. The number of carboxylic acid groups (broad SMARTS) is 1. The van der Waals surface area contributed by atoms with Crippen molar-refractivity contribution in [3.05, 3.63) is 71.5 Å². The van der Waals surface area contributed by atoms with E-state index in [1.54, 1.807) is 24.5 Å². The lowest BCUT2D eigenvalue weighted by Crippen LogP contribution is -2.37. The Hall–Kier alpha value is -1.97. The maximum atomic E-state index is 12.8. The molecule has 1 aromatic heterocycles. The number of carbonyl (C=O) groups is 1. The number of nitrogens with zero attached hydrogens (tertiary/aromatic N) is 2. The molecule has 10 heteroatoms. The maximum absolute atomic E-state index is 12.8. The van der Waals surface area contributed by atoms with Gasteiger partial charge in [0.2, 0.25) is 10.0 Å². The summed E-state index contributed by atoms with van der Waals surface area (Å²) in [6.45, 7) is 1.21. The molecule has 1 aliphatic heterocycles. The van der Waals surface area contributed by atoms with Crippen LogP contribution in [0.1, 0.15) is 31.2 Å². The topological polar surface area (TPSA) is 99.6 Å². The van der Waals surface area contributed by atoms with Gasteiger partial charge >= 0.3 is 5.97 Å². The number of benzene rings is 1. The first-order valence-corrected chi connectivity index (χ1v) is 12.0. The number of carboxylic acids is 1. The molecular formula is C22H27Cl2N3O4S. The first kappa shape index (κ1) is 26.3. The van der Waals surface area contributed by atoms with Crippen LogP contribution in [0.4, 0.5) is 0 Å². The molecule has 1 saturated heterocycles. The predicted octanol–water partition coefficient (Wildman–Crippen LogP) is 3.89. The van der Waals surface area contributed by atoms with E-state index in [1.165, 1.54) is 12.1 Å². The Balaban J connectivity index is 0.00000363. The monoisotopic (exact) mass is 499 g/mol. The molecule has 2 heterocycles. The second-order valence-electron chi connectivity index (χ2n) is 7.58. The van der Waals surface area contributed by atoms with E-state index < -0.39 is 16.0 Å². The third kappa shape index (κ3) is 7.86. The van der Waals surface area contributed by atoms with Crippen molar-refractivity contribution in [3.63, 3.8) is 0 Å².